The van der Waals surface area contributed by atoms with Crippen molar-refractivity contribution in [1.29, 1.82) is 0 Å². The molecule has 4 heteroatoms. The van der Waals surface area contributed by atoms with Gasteiger partial charge in [-0.05, 0) is 60.1 Å². The first-order valence-electron chi connectivity index (χ1n) is 11.2. The third kappa shape index (κ3) is 7.08. The first-order valence-corrected chi connectivity index (χ1v) is 11.2. The fourth-order valence-electron chi connectivity index (χ4n) is 3.17. The second-order valence-corrected chi connectivity index (χ2v) is 10.6. The van der Waals surface area contributed by atoms with Gasteiger partial charge in [0.2, 0.25) is 0 Å². The van der Waals surface area contributed by atoms with Crippen LogP contribution in [-0.4, -0.2) is 24.9 Å². The van der Waals surface area contributed by atoms with E-state index in [0.717, 1.165) is 11.1 Å². The van der Waals surface area contributed by atoms with Gasteiger partial charge in [0.05, 0.1) is 0 Å². The Morgan fingerprint density at radius 3 is 1.12 bits per heavy atom. The third-order valence-electron chi connectivity index (χ3n) is 5.78. The van der Waals surface area contributed by atoms with Gasteiger partial charge in [-0.3, -0.25) is 9.59 Å². The Bertz CT molecular complexity index is 889. The van der Waals surface area contributed by atoms with E-state index < -0.39 is 0 Å². The highest BCUT2D eigenvalue weighted by molar-refractivity contribution is 5.95. The fourth-order valence-corrected chi connectivity index (χ4v) is 3.17. The maximum atomic E-state index is 12.5. The molecular formula is C28H38N2O2. The highest BCUT2D eigenvalue weighted by Gasteiger charge is 2.15. The first kappa shape index (κ1) is 25.4. The van der Waals surface area contributed by atoms with Crippen LogP contribution in [0.15, 0.2) is 59.7 Å². The van der Waals surface area contributed by atoms with Crippen molar-refractivity contribution < 1.29 is 9.59 Å². The van der Waals surface area contributed by atoms with Gasteiger partial charge in [0.15, 0.2) is 0 Å². The van der Waals surface area contributed by atoms with Crippen LogP contribution < -0.4 is 10.6 Å². The topological polar surface area (TPSA) is 58.2 Å². The summed E-state index contributed by atoms with van der Waals surface area (Å²) in [4.78, 5) is 25.0. The van der Waals surface area contributed by atoms with Crippen LogP contribution in [0.5, 0.6) is 0 Å². The Balaban J connectivity index is 1.89. The molecule has 0 aromatic heterocycles. The van der Waals surface area contributed by atoms with E-state index in [1.165, 1.54) is 11.1 Å². The van der Waals surface area contributed by atoms with E-state index in [-0.39, 0.29) is 22.6 Å². The van der Waals surface area contributed by atoms with Crippen LogP contribution in [0.3, 0.4) is 0 Å². The average Bonchev–Trinajstić information content (AvgIpc) is 2.74. The molecule has 2 rings (SSSR count). The molecule has 0 heterocycles. The molecule has 2 aromatic carbocycles. The number of hydrogen-bond acceptors (Lipinski definition) is 2. The number of amides is 2. The van der Waals surface area contributed by atoms with Gasteiger partial charge in [0.1, 0.15) is 0 Å². The van der Waals surface area contributed by atoms with Crippen LogP contribution in [0.1, 0.15) is 87.2 Å². The number of benzene rings is 2. The SMILES string of the molecule is C/C(CNC(=O)c1ccc(C(C)(C)C)cc1)=C(/C)CNC(=O)c1ccc(C(C)(C)C)cc1. The van der Waals surface area contributed by atoms with E-state index in [4.69, 9.17) is 0 Å². The Hall–Kier alpha value is -2.88. The van der Waals surface area contributed by atoms with E-state index in [1.54, 1.807) is 0 Å². The molecule has 0 aliphatic carbocycles. The summed E-state index contributed by atoms with van der Waals surface area (Å²) in [5, 5.41) is 5.94. The summed E-state index contributed by atoms with van der Waals surface area (Å²) in [6.45, 7) is 17.8. The maximum absolute atomic E-state index is 12.5. The molecule has 0 unspecified atom stereocenters. The number of carbonyl (C=O) groups excluding carboxylic acids is 2. The Morgan fingerprint density at radius 2 is 0.875 bits per heavy atom. The molecule has 2 N–H and O–H groups in total. The molecule has 0 fully saturated rings. The lowest BCUT2D eigenvalue weighted by Crippen LogP contribution is -2.28. The predicted molar refractivity (Wildman–Crippen MR) is 133 cm³/mol. The summed E-state index contributed by atoms with van der Waals surface area (Å²) >= 11 is 0. The molecule has 0 atom stereocenters. The summed E-state index contributed by atoms with van der Waals surface area (Å²) in [5.74, 6) is -0.193. The Morgan fingerprint density at radius 1 is 0.594 bits per heavy atom. The van der Waals surface area contributed by atoms with Gasteiger partial charge >= 0.3 is 0 Å². The second-order valence-electron chi connectivity index (χ2n) is 10.6. The Labute approximate surface area is 193 Å². The van der Waals surface area contributed by atoms with Crippen LogP contribution in [0, 0.1) is 0 Å². The predicted octanol–water partition coefficient (Wildman–Crippen LogP) is 5.78. The zero-order chi connectivity index (χ0) is 24.1. The number of hydrogen-bond donors (Lipinski definition) is 2. The lowest BCUT2D eigenvalue weighted by atomic mass is 9.86. The van der Waals surface area contributed by atoms with E-state index >= 15 is 0 Å². The molecule has 0 saturated heterocycles. The smallest absolute Gasteiger partial charge is 0.251 e. The summed E-state index contributed by atoms with van der Waals surface area (Å²) < 4.78 is 0. The average molecular weight is 435 g/mol. The number of rotatable bonds is 6. The molecule has 0 spiro atoms. The third-order valence-corrected chi connectivity index (χ3v) is 5.78. The molecule has 0 bridgehead atoms. The normalized spacial score (nSPS) is 12.8. The van der Waals surface area contributed by atoms with Crippen LogP contribution in [0.25, 0.3) is 0 Å². The largest absolute Gasteiger partial charge is 0.348 e. The van der Waals surface area contributed by atoms with Crippen LogP contribution in [-0.2, 0) is 10.8 Å². The van der Waals surface area contributed by atoms with Crippen LogP contribution in [0.4, 0.5) is 0 Å². The summed E-state index contributed by atoms with van der Waals surface area (Å²) in [6, 6.07) is 15.5. The van der Waals surface area contributed by atoms with Crippen LogP contribution >= 0.6 is 0 Å². The summed E-state index contributed by atoms with van der Waals surface area (Å²) in [7, 11) is 0. The quantitative estimate of drug-likeness (QED) is 0.566. The zero-order valence-corrected chi connectivity index (χ0v) is 20.8. The van der Waals surface area contributed by atoms with Crippen LogP contribution in [0.2, 0.25) is 0 Å². The lowest BCUT2D eigenvalue weighted by molar-refractivity contribution is 0.0947. The number of nitrogens with one attached hydrogen (secondary N) is 2. The maximum Gasteiger partial charge on any atom is 0.251 e. The minimum atomic E-state index is -0.0967. The lowest BCUT2D eigenvalue weighted by Gasteiger charge is -2.19. The molecule has 4 nitrogen and oxygen atoms in total. The minimum Gasteiger partial charge on any atom is -0.348 e. The van der Waals surface area contributed by atoms with Crippen molar-refractivity contribution in [2.75, 3.05) is 13.1 Å². The van der Waals surface area contributed by atoms with Crippen molar-refractivity contribution in [1.82, 2.24) is 10.6 Å². The van der Waals surface area contributed by atoms with Gasteiger partial charge in [-0.25, -0.2) is 0 Å². The molecule has 172 valence electrons. The highest BCUT2D eigenvalue weighted by Crippen LogP contribution is 2.23. The van der Waals surface area contributed by atoms with Crippen molar-refractivity contribution >= 4 is 11.8 Å². The van der Waals surface area contributed by atoms with Crippen molar-refractivity contribution in [3.63, 3.8) is 0 Å². The van der Waals surface area contributed by atoms with Gasteiger partial charge in [-0.2, -0.15) is 0 Å². The molecule has 0 aliphatic rings. The fraction of sp³-hybridized carbons (Fsp3) is 0.429. The summed E-state index contributed by atoms with van der Waals surface area (Å²) in [6.07, 6.45) is 0. The second kappa shape index (κ2) is 10.2. The van der Waals surface area contributed by atoms with E-state index in [1.807, 2.05) is 62.4 Å². The Kier molecular flexibility index (Phi) is 8.06. The van der Waals surface area contributed by atoms with Crippen molar-refractivity contribution in [3.8, 4) is 0 Å². The molecule has 0 radical (unpaired) electrons. The van der Waals surface area contributed by atoms with Gasteiger partial charge in [-0.15, -0.1) is 0 Å². The standard InChI is InChI=1S/C28H38N2O2/c1-19(17-29-25(31)21-9-13-23(14-10-21)27(3,4)5)20(2)18-30-26(32)22-11-15-24(16-12-22)28(6,7)8/h9-16H,17-18H2,1-8H3,(H,29,31)(H,30,32)/b20-19+. The highest BCUT2D eigenvalue weighted by atomic mass is 16.2. The van der Waals surface area contributed by atoms with Crippen molar-refractivity contribution in [3.05, 3.63) is 81.9 Å². The molecule has 0 aliphatic heterocycles. The molecule has 32 heavy (non-hydrogen) atoms. The molecule has 0 saturated carbocycles. The molecule has 2 amide bonds. The van der Waals surface area contributed by atoms with Gasteiger partial charge in [0.25, 0.3) is 11.8 Å². The minimum absolute atomic E-state index is 0.0600. The van der Waals surface area contributed by atoms with E-state index in [0.29, 0.717) is 24.2 Å². The first-order chi connectivity index (χ1) is 14.8. The van der Waals surface area contributed by atoms with E-state index in [2.05, 4.69) is 52.2 Å². The van der Waals surface area contributed by atoms with Gasteiger partial charge < -0.3 is 10.6 Å². The monoisotopic (exact) mass is 434 g/mol. The van der Waals surface area contributed by atoms with Crippen molar-refractivity contribution in [2.24, 2.45) is 0 Å². The van der Waals surface area contributed by atoms with Gasteiger partial charge in [0, 0.05) is 24.2 Å². The summed E-state index contributed by atoms with van der Waals surface area (Å²) in [5.41, 5.74) is 5.89. The number of carbonyl (C=O) groups is 2. The van der Waals surface area contributed by atoms with Gasteiger partial charge in [-0.1, -0.05) is 77.0 Å². The molecule has 2 aromatic rings. The van der Waals surface area contributed by atoms with E-state index in [9.17, 15) is 9.59 Å². The zero-order valence-electron chi connectivity index (χ0n) is 20.8. The molecular weight excluding hydrogens is 396 g/mol. The van der Waals surface area contributed by atoms with Crippen molar-refractivity contribution in [2.45, 2.75) is 66.2 Å².